The smallest absolute Gasteiger partial charge is 0.325 e. The van der Waals surface area contributed by atoms with Crippen molar-refractivity contribution in [3.8, 4) is 5.75 Å². The molecular formula is C13H10ClN3O4. The Morgan fingerprint density at radius 2 is 2.14 bits per heavy atom. The number of carbonyl (C=O) groups is 2. The van der Waals surface area contributed by atoms with Crippen LogP contribution in [0.15, 0.2) is 30.5 Å². The topological polar surface area (TPSA) is 105 Å². The Labute approximate surface area is 124 Å². The highest BCUT2D eigenvalue weighted by Gasteiger charge is 2.06. The van der Waals surface area contributed by atoms with Gasteiger partial charge in [-0.15, -0.1) is 5.10 Å². The van der Waals surface area contributed by atoms with Gasteiger partial charge in [-0.3, -0.25) is 9.59 Å². The molecule has 0 atom stereocenters. The first-order valence-electron chi connectivity index (χ1n) is 5.78. The number of allylic oxidation sites excluding steroid dienone is 1. The van der Waals surface area contributed by atoms with Crippen LogP contribution in [0.2, 0.25) is 5.02 Å². The molecule has 0 aliphatic heterocycles. The van der Waals surface area contributed by atoms with E-state index >= 15 is 0 Å². The molecule has 0 fully saturated rings. The van der Waals surface area contributed by atoms with Gasteiger partial charge in [-0.05, 0) is 30.4 Å². The second-order valence-corrected chi connectivity index (χ2v) is 4.51. The molecule has 0 saturated heterocycles. The maximum atomic E-state index is 11.9. The van der Waals surface area contributed by atoms with Gasteiger partial charge in [0.25, 0.3) is 0 Å². The first kappa shape index (κ1) is 14.7. The Bertz CT molecular complexity index is 724. The first-order chi connectivity index (χ1) is 9.95. The zero-order chi connectivity index (χ0) is 15.4. The minimum Gasteiger partial charge on any atom is -0.506 e. The van der Waals surface area contributed by atoms with Gasteiger partial charge >= 0.3 is 5.97 Å². The number of aromatic hydroxyl groups is 1. The lowest BCUT2D eigenvalue weighted by Gasteiger charge is -1.98. The third-order valence-electron chi connectivity index (χ3n) is 2.49. The minimum absolute atomic E-state index is 0.0849. The molecule has 1 aromatic heterocycles. The molecule has 0 unspecified atom stereocenters. The van der Waals surface area contributed by atoms with Crippen molar-refractivity contribution in [2.24, 2.45) is 0 Å². The van der Waals surface area contributed by atoms with Crippen molar-refractivity contribution >= 4 is 29.4 Å². The van der Waals surface area contributed by atoms with Gasteiger partial charge in [0.2, 0.25) is 0 Å². The number of phenols is 1. The Morgan fingerprint density at radius 1 is 1.38 bits per heavy atom. The van der Waals surface area contributed by atoms with Crippen molar-refractivity contribution in [2.75, 3.05) is 0 Å². The number of carboxylic acid groups (broad SMARTS) is 1. The maximum Gasteiger partial charge on any atom is 0.325 e. The van der Waals surface area contributed by atoms with Crippen molar-refractivity contribution in [2.45, 2.75) is 6.54 Å². The summed E-state index contributed by atoms with van der Waals surface area (Å²) in [6.07, 6.45) is 4.08. The van der Waals surface area contributed by atoms with Crippen LogP contribution >= 0.6 is 11.6 Å². The molecule has 0 spiro atoms. The SMILES string of the molecule is O=C(O)Cn1cc(C=CC(=O)c2ccc(O)c(Cl)c2)nn1. The minimum atomic E-state index is -1.04. The molecule has 1 aromatic carbocycles. The van der Waals surface area contributed by atoms with Gasteiger partial charge in [-0.25, -0.2) is 4.68 Å². The summed E-state index contributed by atoms with van der Waals surface area (Å²) in [4.78, 5) is 22.4. The Kier molecular flexibility index (Phi) is 4.34. The Hall–Kier alpha value is -2.67. The van der Waals surface area contributed by atoms with Gasteiger partial charge in [0.1, 0.15) is 18.0 Å². The summed E-state index contributed by atoms with van der Waals surface area (Å²) >= 11 is 5.72. The van der Waals surface area contributed by atoms with Crippen molar-refractivity contribution in [3.63, 3.8) is 0 Å². The van der Waals surface area contributed by atoms with Crippen LogP contribution < -0.4 is 0 Å². The largest absolute Gasteiger partial charge is 0.506 e. The second kappa shape index (κ2) is 6.19. The van der Waals surface area contributed by atoms with Crippen LogP contribution in [0.4, 0.5) is 0 Å². The number of phenolic OH excluding ortho intramolecular Hbond substituents is 1. The van der Waals surface area contributed by atoms with Gasteiger partial charge in [0.15, 0.2) is 5.78 Å². The second-order valence-electron chi connectivity index (χ2n) is 4.10. The summed E-state index contributed by atoms with van der Waals surface area (Å²) in [7, 11) is 0. The summed E-state index contributed by atoms with van der Waals surface area (Å²) in [6, 6.07) is 4.12. The first-order valence-corrected chi connectivity index (χ1v) is 6.16. The third kappa shape index (κ3) is 3.90. The average molecular weight is 308 g/mol. The molecule has 2 N–H and O–H groups in total. The predicted molar refractivity (Wildman–Crippen MR) is 74.1 cm³/mol. The monoisotopic (exact) mass is 307 g/mol. The van der Waals surface area contributed by atoms with Crippen molar-refractivity contribution in [1.29, 1.82) is 0 Å². The number of aromatic nitrogens is 3. The van der Waals surface area contributed by atoms with E-state index in [0.717, 1.165) is 4.68 Å². The summed E-state index contributed by atoms with van der Waals surface area (Å²) < 4.78 is 1.14. The quantitative estimate of drug-likeness (QED) is 0.642. The molecule has 7 nitrogen and oxygen atoms in total. The fourth-order valence-corrected chi connectivity index (χ4v) is 1.70. The number of carbonyl (C=O) groups excluding carboxylic acids is 1. The number of halogens is 1. The van der Waals surface area contributed by atoms with Crippen LogP contribution in [0.1, 0.15) is 16.1 Å². The van der Waals surface area contributed by atoms with E-state index in [1.54, 1.807) is 0 Å². The normalized spacial score (nSPS) is 10.9. The molecule has 21 heavy (non-hydrogen) atoms. The summed E-state index contributed by atoms with van der Waals surface area (Å²) in [6.45, 7) is -0.303. The highest BCUT2D eigenvalue weighted by atomic mass is 35.5. The summed E-state index contributed by atoms with van der Waals surface area (Å²) in [5.74, 6) is -1.47. The van der Waals surface area contributed by atoms with Gasteiger partial charge < -0.3 is 10.2 Å². The molecule has 0 saturated carbocycles. The van der Waals surface area contributed by atoms with E-state index in [4.69, 9.17) is 16.7 Å². The van der Waals surface area contributed by atoms with Crippen LogP contribution in [0.25, 0.3) is 6.08 Å². The van der Waals surface area contributed by atoms with Gasteiger partial charge in [0, 0.05) is 5.56 Å². The zero-order valence-corrected chi connectivity index (χ0v) is 11.4. The fourth-order valence-electron chi connectivity index (χ4n) is 1.52. The average Bonchev–Trinajstić information content (AvgIpc) is 2.86. The molecule has 0 amide bonds. The van der Waals surface area contributed by atoms with Crippen LogP contribution in [-0.4, -0.2) is 37.0 Å². The number of ketones is 1. The lowest BCUT2D eigenvalue weighted by Crippen LogP contribution is -2.08. The fraction of sp³-hybridized carbons (Fsp3) is 0.0769. The molecular weight excluding hydrogens is 298 g/mol. The Morgan fingerprint density at radius 3 is 2.81 bits per heavy atom. The van der Waals surface area contributed by atoms with Crippen molar-refractivity contribution < 1.29 is 19.8 Å². The van der Waals surface area contributed by atoms with Gasteiger partial charge in [-0.2, -0.15) is 0 Å². The van der Waals surface area contributed by atoms with E-state index in [0.29, 0.717) is 11.3 Å². The number of nitrogens with zero attached hydrogens (tertiary/aromatic N) is 3. The van der Waals surface area contributed by atoms with Gasteiger partial charge in [-0.1, -0.05) is 16.8 Å². The number of hydrogen-bond acceptors (Lipinski definition) is 5. The molecule has 2 rings (SSSR count). The van der Waals surface area contributed by atoms with Crippen LogP contribution in [0.5, 0.6) is 5.75 Å². The number of carboxylic acids is 1. The molecule has 0 radical (unpaired) electrons. The lowest BCUT2D eigenvalue weighted by atomic mass is 10.1. The zero-order valence-electron chi connectivity index (χ0n) is 10.6. The van der Waals surface area contributed by atoms with E-state index in [-0.39, 0.29) is 23.1 Å². The summed E-state index contributed by atoms with van der Waals surface area (Å²) in [5, 5.41) is 25.3. The lowest BCUT2D eigenvalue weighted by molar-refractivity contribution is -0.137. The number of benzene rings is 1. The summed E-state index contributed by atoms with van der Waals surface area (Å²) in [5.41, 5.74) is 0.668. The molecule has 1 heterocycles. The number of rotatable bonds is 5. The van der Waals surface area contributed by atoms with Crippen LogP contribution in [0, 0.1) is 0 Å². The van der Waals surface area contributed by atoms with E-state index < -0.39 is 5.97 Å². The van der Waals surface area contributed by atoms with Gasteiger partial charge in [0.05, 0.1) is 11.2 Å². The standard InChI is InChI=1S/C13H10ClN3O4/c14-10-5-8(1-3-12(10)19)11(18)4-2-9-6-17(16-15-9)7-13(20)21/h1-6,19H,7H2,(H,20,21). The Balaban J connectivity index is 2.09. The number of hydrogen-bond donors (Lipinski definition) is 2. The van der Waals surface area contributed by atoms with Crippen molar-refractivity contribution in [3.05, 3.63) is 46.8 Å². The highest BCUT2D eigenvalue weighted by molar-refractivity contribution is 6.32. The van der Waals surface area contributed by atoms with E-state index in [9.17, 15) is 14.7 Å². The maximum absolute atomic E-state index is 11.9. The molecule has 2 aromatic rings. The van der Waals surface area contributed by atoms with Crippen LogP contribution in [-0.2, 0) is 11.3 Å². The predicted octanol–water partition coefficient (Wildman–Crippen LogP) is 1.62. The van der Waals surface area contributed by atoms with E-state index in [2.05, 4.69) is 10.3 Å². The molecule has 0 aliphatic rings. The van der Waals surface area contributed by atoms with E-state index in [1.165, 1.54) is 36.5 Å². The molecule has 0 aliphatic carbocycles. The molecule has 8 heteroatoms. The van der Waals surface area contributed by atoms with Crippen molar-refractivity contribution in [1.82, 2.24) is 15.0 Å². The third-order valence-corrected chi connectivity index (χ3v) is 2.79. The molecule has 108 valence electrons. The highest BCUT2D eigenvalue weighted by Crippen LogP contribution is 2.23. The van der Waals surface area contributed by atoms with E-state index in [1.807, 2.05) is 0 Å². The number of aliphatic carboxylic acids is 1. The van der Waals surface area contributed by atoms with Crippen LogP contribution in [0.3, 0.4) is 0 Å². The molecule has 0 bridgehead atoms.